The van der Waals surface area contributed by atoms with E-state index in [1.165, 1.54) is 13.8 Å². The fourth-order valence-corrected chi connectivity index (χ4v) is 1.89. The topological polar surface area (TPSA) is 63.2 Å². The second kappa shape index (κ2) is 5.82. The molecule has 0 atom stereocenters. The third kappa shape index (κ3) is 4.56. The van der Waals surface area contributed by atoms with Gasteiger partial charge in [-0.25, -0.2) is 8.42 Å². The average molecular weight is 255 g/mol. The Morgan fingerprint density at radius 1 is 1.24 bits per heavy atom. The molecule has 4 nitrogen and oxygen atoms in total. The van der Waals surface area contributed by atoms with E-state index < -0.39 is 21.2 Å². The summed E-state index contributed by atoms with van der Waals surface area (Å²) in [7, 11) is -3.50. The minimum Gasteiger partial charge on any atom is -0.274 e. The van der Waals surface area contributed by atoms with Crippen molar-refractivity contribution in [3.8, 4) is 0 Å². The molecule has 1 rings (SSSR count). The molecule has 1 aromatic carbocycles. The molecule has 0 fully saturated rings. The summed E-state index contributed by atoms with van der Waals surface area (Å²) in [5.41, 5.74) is 1.02. The van der Waals surface area contributed by atoms with Crippen LogP contribution >= 0.6 is 0 Å². The van der Waals surface area contributed by atoms with Crippen molar-refractivity contribution < 1.29 is 13.2 Å². The lowest BCUT2D eigenvalue weighted by Crippen LogP contribution is -2.35. The van der Waals surface area contributed by atoms with Crippen LogP contribution in [0, 0.1) is 0 Å². The third-order valence-electron chi connectivity index (χ3n) is 2.36. The van der Waals surface area contributed by atoms with Crippen molar-refractivity contribution in [2.45, 2.75) is 31.9 Å². The molecule has 0 unspecified atom stereocenters. The van der Waals surface area contributed by atoms with Gasteiger partial charge in [-0.1, -0.05) is 30.3 Å². The first-order chi connectivity index (χ1) is 7.92. The molecular formula is C12H17NO3S. The molecule has 1 N–H and O–H groups in total. The highest BCUT2D eigenvalue weighted by Gasteiger charge is 2.18. The molecule has 0 aromatic heterocycles. The Hall–Kier alpha value is -1.36. The molecule has 0 saturated carbocycles. The van der Waals surface area contributed by atoms with E-state index in [1.54, 1.807) is 0 Å². The van der Waals surface area contributed by atoms with Crippen LogP contribution < -0.4 is 4.72 Å². The van der Waals surface area contributed by atoms with Crippen molar-refractivity contribution >= 4 is 15.9 Å². The van der Waals surface area contributed by atoms with Crippen LogP contribution in [0.25, 0.3) is 0 Å². The van der Waals surface area contributed by atoms with Gasteiger partial charge in [0, 0.05) is 6.42 Å². The molecule has 94 valence electrons. The Balaban J connectivity index is 2.47. The lowest BCUT2D eigenvalue weighted by Gasteiger charge is -2.09. The van der Waals surface area contributed by atoms with Crippen molar-refractivity contribution in [1.82, 2.24) is 4.72 Å². The molecule has 1 aromatic rings. The lowest BCUT2D eigenvalue weighted by atomic mass is 10.1. The molecule has 0 aliphatic rings. The number of benzene rings is 1. The molecule has 0 radical (unpaired) electrons. The molecule has 0 aliphatic carbocycles. The average Bonchev–Trinajstić information content (AvgIpc) is 2.27. The molecule has 0 aliphatic heterocycles. The van der Waals surface area contributed by atoms with E-state index >= 15 is 0 Å². The SMILES string of the molecule is CC(C)S(=O)(=O)NC(=O)CCc1ccccc1. The second-order valence-electron chi connectivity index (χ2n) is 4.10. The monoisotopic (exact) mass is 255 g/mol. The fraction of sp³-hybridized carbons (Fsp3) is 0.417. The Bertz CT molecular complexity index is 466. The van der Waals surface area contributed by atoms with Crippen LogP contribution in [-0.4, -0.2) is 19.6 Å². The first-order valence-electron chi connectivity index (χ1n) is 5.50. The number of amides is 1. The molecule has 0 saturated heterocycles. The van der Waals surface area contributed by atoms with Crippen LogP contribution in [-0.2, 0) is 21.2 Å². The Kier molecular flexibility index (Phi) is 4.69. The van der Waals surface area contributed by atoms with Crippen molar-refractivity contribution in [1.29, 1.82) is 0 Å². The number of aryl methyl sites for hydroxylation is 1. The highest BCUT2D eigenvalue weighted by Crippen LogP contribution is 2.03. The van der Waals surface area contributed by atoms with Gasteiger partial charge in [-0.3, -0.25) is 9.52 Å². The van der Waals surface area contributed by atoms with Gasteiger partial charge in [-0.15, -0.1) is 0 Å². The van der Waals surface area contributed by atoms with Gasteiger partial charge in [0.1, 0.15) is 0 Å². The number of sulfonamides is 1. The summed E-state index contributed by atoms with van der Waals surface area (Å²) in [5.74, 6) is -0.456. The van der Waals surface area contributed by atoms with Gasteiger partial charge in [0.15, 0.2) is 0 Å². The molecule has 0 heterocycles. The van der Waals surface area contributed by atoms with Gasteiger partial charge in [0.25, 0.3) is 0 Å². The zero-order valence-electron chi connectivity index (χ0n) is 10.0. The maximum atomic E-state index is 11.4. The van der Waals surface area contributed by atoms with Crippen LogP contribution in [0.2, 0.25) is 0 Å². The van der Waals surface area contributed by atoms with Gasteiger partial charge in [-0.05, 0) is 25.8 Å². The van der Waals surface area contributed by atoms with Crippen LogP contribution in [0.5, 0.6) is 0 Å². The van der Waals surface area contributed by atoms with Crippen molar-refractivity contribution in [3.05, 3.63) is 35.9 Å². The zero-order valence-corrected chi connectivity index (χ0v) is 10.8. The van der Waals surface area contributed by atoms with Crippen LogP contribution in [0.4, 0.5) is 0 Å². The second-order valence-corrected chi connectivity index (χ2v) is 6.34. The van der Waals surface area contributed by atoms with E-state index in [0.717, 1.165) is 5.56 Å². The minimum absolute atomic E-state index is 0.177. The number of nitrogens with one attached hydrogen (secondary N) is 1. The molecule has 17 heavy (non-hydrogen) atoms. The summed E-state index contributed by atoms with van der Waals surface area (Å²) in [6.07, 6.45) is 0.719. The molecule has 1 amide bonds. The number of hydrogen-bond donors (Lipinski definition) is 1. The maximum absolute atomic E-state index is 11.4. The zero-order chi connectivity index (χ0) is 12.9. The summed E-state index contributed by atoms with van der Waals surface area (Å²) >= 11 is 0. The molecule has 0 bridgehead atoms. The van der Waals surface area contributed by atoms with Gasteiger partial charge in [0.2, 0.25) is 15.9 Å². The van der Waals surface area contributed by atoms with Gasteiger partial charge >= 0.3 is 0 Å². The van der Waals surface area contributed by atoms with E-state index in [0.29, 0.717) is 6.42 Å². The summed E-state index contributed by atoms with van der Waals surface area (Å²) in [6.45, 7) is 3.07. The Morgan fingerprint density at radius 2 is 1.82 bits per heavy atom. The highest BCUT2D eigenvalue weighted by molar-refractivity contribution is 7.90. The third-order valence-corrected chi connectivity index (χ3v) is 4.11. The summed E-state index contributed by atoms with van der Waals surface area (Å²) in [4.78, 5) is 11.4. The smallest absolute Gasteiger partial charge is 0.237 e. The van der Waals surface area contributed by atoms with E-state index in [1.807, 2.05) is 30.3 Å². The van der Waals surface area contributed by atoms with E-state index in [4.69, 9.17) is 0 Å². The largest absolute Gasteiger partial charge is 0.274 e. The normalized spacial score (nSPS) is 11.5. The van der Waals surface area contributed by atoms with Crippen LogP contribution in [0.1, 0.15) is 25.8 Å². The van der Waals surface area contributed by atoms with Gasteiger partial charge in [0.05, 0.1) is 5.25 Å². The molecule has 0 spiro atoms. The molecule has 5 heteroatoms. The summed E-state index contributed by atoms with van der Waals surface area (Å²) in [6, 6.07) is 9.48. The van der Waals surface area contributed by atoms with Crippen LogP contribution in [0.15, 0.2) is 30.3 Å². The first-order valence-corrected chi connectivity index (χ1v) is 7.05. The summed E-state index contributed by atoms with van der Waals surface area (Å²) < 4.78 is 24.9. The lowest BCUT2D eigenvalue weighted by molar-refractivity contribution is -0.119. The highest BCUT2D eigenvalue weighted by atomic mass is 32.2. The fourth-order valence-electron chi connectivity index (χ4n) is 1.23. The number of carbonyl (C=O) groups excluding carboxylic acids is 1. The van der Waals surface area contributed by atoms with E-state index in [2.05, 4.69) is 4.72 Å². The Labute approximate surface area is 102 Å². The number of carbonyl (C=O) groups is 1. The van der Waals surface area contributed by atoms with Crippen molar-refractivity contribution in [2.24, 2.45) is 0 Å². The molecular weight excluding hydrogens is 238 g/mol. The standard InChI is InChI=1S/C12H17NO3S/c1-10(2)17(15,16)13-12(14)9-8-11-6-4-3-5-7-11/h3-7,10H,8-9H2,1-2H3,(H,13,14). The summed E-state index contributed by atoms with van der Waals surface area (Å²) in [5, 5.41) is -0.594. The van der Waals surface area contributed by atoms with Crippen molar-refractivity contribution in [2.75, 3.05) is 0 Å². The minimum atomic E-state index is -3.50. The van der Waals surface area contributed by atoms with Gasteiger partial charge < -0.3 is 0 Å². The number of hydrogen-bond acceptors (Lipinski definition) is 3. The van der Waals surface area contributed by atoms with Gasteiger partial charge in [-0.2, -0.15) is 0 Å². The first kappa shape index (κ1) is 13.7. The predicted octanol–water partition coefficient (Wildman–Crippen LogP) is 1.47. The van der Waals surface area contributed by atoms with E-state index in [9.17, 15) is 13.2 Å². The maximum Gasteiger partial charge on any atom is 0.237 e. The van der Waals surface area contributed by atoms with E-state index in [-0.39, 0.29) is 6.42 Å². The number of rotatable bonds is 5. The van der Waals surface area contributed by atoms with Crippen molar-refractivity contribution in [3.63, 3.8) is 0 Å². The quantitative estimate of drug-likeness (QED) is 0.866. The van der Waals surface area contributed by atoms with Crippen LogP contribution in [0.3, 0.4) is 0 Å². The predicted molar refractivity (Wildman–Crippen MR) is 67.0 cm³/mol. The Morgan fingerprint density at radius 3 is 2.35 bits per heavy atom.